The number of hydrogen-bond acceptors (Lipinski definition) is 5. The zero-order valence-electron chi connectivity index (χ0n) is 26.8. The highest BCUT2D eigenvalue weighted by atomic mass is 16.2. The number of amides is 2. The molecule has 230 valence electrons. The van der Waals surface area contributed by atoms with Crippen molar-refractivity contribution < 1.29 is 9.59 Å². The molecule has 0 bridgehead atoms. The van der Waals surface area contributed by atoms with Gasteiger partial charge >= 0.3 is 0 Å². The van der Waals surface area contributed by atoms with Crippen molar-refractivity contribution in [2.45, 2.75) is 34.6 Å². The van der Waals surface area contributed by atoms with Crippen LogP contribution in [0.15, 0.2) is 133 Å². The molecule has 1 heterocycles. The van der Waals surface area contributed by atoms with E-state index in [1.54, 1.807) is 13.8 Å². The lowest BCUT2D eigenvalue weighted by molar-refractivity contribution is -0.131. The molecular formula is C40H38N4O2. The fourth-order valence-electron chi connectivity index (χ4n) is 5.67. The highest BCUT2D eigenvalue weighted by Crippen LogP contribution is 2.39. The van der Waals surface area contributed by atoms with Gasteiger partial charge in [-0.25, -0.2) is 0 Å². The SMILES string of the molecule is CC1=C(Nc2ccc(N(c3ccc(C)cc3)c3ccc(N(c4ccc(C)cc4)c4ccc(C)cc4)cc3)cc2)C(C)C(=O)NC1=O. The van der Waals surface area contributed by atoms with Crippen LogP contribution in [-0.2, 0) is 9.59 Å². The Hall–Kier alpha value is -5.62. The Balaban J connectivity index is 1.35. The van der Waals surface area contributed by atoms with Crippen molar-refractivity contribution in [3.05, 3.63) is 149 Å². The molecule has 0 radical (unpaired) electrons. The van der Waals surface area contributed by atoms with Crippen molar-refractivity contribution in [1.82, 2.24) is 5.32 Å². The molecule has 0 saturated carbocycles. The maximum atomic E-state index is 12.3. The summed E-state index contributed by atoms with van der Waals surface area (Å²) in [6.07, 6.45) is 0. The van der Waals surface area contributed by atoms with E-state index in [0.29, 0.717) is 11.3 Å². The Bertz CT molecular complexity index is 1850. The molecule has 0 fully saturated rings. The monoisotopic (exact) mass is 606 g/mol. The number of carbonyl (C=O) groups is 2. The molecule has 1 unspecified atom stereocenters. The Labute approximate surface area is 271 Å². The van der Waals surface area contributed by atoms with Gasteiger partial charge in [-0.15, -0.1) is 0 Å². The summed E-state index contributed by atoms with van der Waals surface area (Å²) < 4.78 is 0. The number of nitrogens with zero attached hydrogens (tertiary/aromatic N) is 2. The van der Waals surface area contributed by atoms with Gasteiger partial charge in [0.25, 0.3) is 5.91 Å². The van der Waals surface area contributed by atoms with Gasteiger partial charge in [0, 0.05) is 51.1 Å². The van der Waals surface area contributed by atoms with Gasteiger partial charge in [-0.1, -0.05) is 53.1 Å². The van der Waals surface area contributed by atoms with Crippen LogP contribution in [0.3, 0.4) is 0 Å². The highest BCUT2D eigenvalue weighted by Gasteiger charge is 2.29. The predicted octanol–water partition coefficient (Wildman–Crippen LogP) is 9.53. The van der Waals surface area contributed by atoms with Crippen LogP contribution in [0.4, 0.5) is 39.8 Å². The van der Waals surface area contributed by atoms with Crippen LogP contribution in [0.1, 0.15) is 30.5 Å². The summed E-state index contributed by atoms with van der Waals surface area (Å²) in [5.41, 5.74) is 11.9. The molecule has 2 amide bonds. The zero-order valence-corrected chi connectivity index (χ0v) is 26.8. The van der Waals surface area contributed by atoms with Gasteiger partial charge in [0.2, 0.25) is 5.91 Å². The summed E-state index contributed by atoms with van der Waals surface area (Å²) in [4.78, 5) is 29.0. The minimum Gasteiger partial charge on any atom is -0.358 e. The first-order valence-corrected chi connectivity index (χ1v) is 15.5. The zero-order chi connectivity index (χ0) is 32.4. The number of hydrogen-bond donors (Lipinski definition) is 2. The average Bonchev–Trinajstić information content (AvgIpc) is 3.06. The summed E-state index contributed by atoms with van der Waals surface area (Å²) in [5, 5.41) is 5.73. The van der Waals surface area contributed by atoms with E-state index in [9.17, 15) is 9.59 Å². The highest BCUT2D eigenvalue weighted by molar-refractivity contribution is 6.09. The number of carbonyl (C=O) groups excluding carboxylic acids is 2. The number of nitrogens with one attached hydrogen (secondary N) is 2. The van der Waals surface area contributed by atoms with Crippen molar-refractivity contribution in [2.75, 3.05) is 15.1 Å². The van der Waals surface area contributed by atoms with E-state index < -0.39 is 5.92 Å². The maximum Gasteiger partial charge on any atom is 0.255 e. The lowest BCUT2D eigenvalue weighted by atomic mass is 9.97. The molecule has 6 rings (SSSR count). The van der Waals surface area contributed by atoms with E-state index in [2.05, 4.69) is 138 Å². The van der Waals surface area contributed by atoms with Crippen molar-refractivity contribution in [3.8, 4) is 0 Å². The number of rotatable bonds is 8. The van der Waals surface area contributed by atoms with Gasteiger partial charge in [-0.3, -0.25) is 14.9 Å². The largest absolute Gasteiger partial charge is 0.358 e. The lowest BCUT2D eigenvalue weighted by Gasteiger charge is -2.29. The van der Waals surface area contributed by atoms with E-state index in [-0.39, 0.29) is 11.8 Å². The molecule has 0 aliphatic carbocycles. The molecule has 5 aromatic rings. The van der Waals surface area contributed by atoms with E-state index in [1.165, 1.54) is 16.7 Å². The summed E-state index contributed by atoms with van der Waals surface area (Å²) in [6.45, 7) is 9.82. The fourth-order valence-corrected chi connectivity index (χ4v) is 5.67. The van der Waals surface area contributed by atoms with Crippen LogP contribution in [-0.4, -0.2) is 11.8 Å². The third kappa shape index (κ3) is 6.28. The lowest BCUT2D eigenvalue weighted by Crippen LogP contribution is -2.42. The predicted molar refractivity (Wildman–Crippen MR) is 189 cm³/mol. The van der Waals surface area contributed by atoms with Crippen molar-refractivity contribution in [1.29, 1.82) is 0 Å². The van der Waals surface area contributed by atoms with Crippen LogP contribution >= 0.6 is 0 Å². The maximum absolute atomic E-state index is 12.3. The third-order valence-electron chi connectivity index (χ3n) is 8.45. The second kappa shape index (κ2) is 12.8. The minimum atomic E-state index is -0.445. The third-order valence-corrected chi connectivity index (χ3v) is 8.45. The molecule has 6 heteroatoms. The normalized spacial score (nSPS) is 14.6. The fraction of sp³-hybridized carbons (Fsp3) is 0.150. The Morgan fingerprint density at radius 1 is 0.500 bits per heavy atom. The first kappa shape index (κ1) is 30.4. The second-order valence-electron chi connectivity index (χ2n) is 11.9. The van der Waals surface area contributed by atoms with E-state index in [0.717, 1.165) is 39.8 Å². The smallest absolute Gasteiger partial charge is 0.255 e. The summed E-state index contributed by atoms with van der Waals surface area (Å²) in [6, 6.07) is 42.4. The molecule has 0 aromatic heterocycles. The number of aryl methyl sites for hydroxylation is 3. The first-order valence-electron chi connectivity index (χ1n) is 15.5. The first-order chi connectivity index (χ1) is 22.2. The molecule has 0 spiro atoms. The van der Waals surface area contributed by atoms with Gasteiger partial charge in [0.15, 0.2) is 0 Å². The van der Waals surface area contributed by atoms with Crippen molar-refractivity contribution in [2.24, 2.45) is 5.92 Å². The summed E-state index contributed by atoms with van der Waals surface area (Å²) >= 11 is 0. The molecule has 1 aliphatic rings. The number of anilines is 7. The molecular weight excluding hydrogens is 568 g/mol. The van der Waals surface area contributed by atoms with Crippen molar-refractivity contribution >= 4 is 51.6 Å². The van der Waals surface area contributed by atoms with Gasteiger partial charge in [0.1, 0.15) is 0 Å². The van der Waals surface area contributed by atoms with E-state index in [1.807, 2.05) is 24.3 Å². The van der Waals surface area contributed by atoms with Gasteiger partial charge in [-0.05, 0) is 120 Å². The quantitative estimate of drug-likeness (QED) is 0.172. The number of benzene rings is 5. The van der Waals surface area contributed by atoms with E-state index >= 15 is 0 Å². The van der Waals surface area contributed by atoms with Crippen LogP contribution in [0.25, 0.3) is 0 Å². The molecule has 6 nitrogen and oxygen atoms in total. The standard InChI is InChI=1S/C40H38N4O2/c1-26-6-14-32(15-7-26)43(33-16-8-27(2)9-17-33)36-22-24-37(25-23-36)44(34-18-10-28(3)11-19-34)35-20-12-31(13-21-35)41-38-29(4)39(45)42-40(46)30(38)5/h6-25,29,41H,1-5H3,(H,42,45,46). The molecule has 1 aliphatic heterocycles. The molecule has 5 aromatic carbocycles. The summed E-state index contributed by atoms with van der Waals surface area (Å²) in [5.74, 6) is -1.11. The van der Waals surface area contributed by atoms with Crippen LogP contribution in [0.2, 0.25) is 0 Å². The van der Waals surface area contributed by atoms with Gasteiger partial charge in [0.05, 0.1) is 5.92 Å². The Morgan fingerprint density at radius 2 is 0.804 bits per heavy atom. The minimum absolute atomic E-state index is 0.299. The summed E-state index contributed by atoms with van der Waals surface area (Å²) in [7, 11) is 0. The van der Waals surface area contributed by atoms with Crippen LogP contribution in [0.5, 0.6) is 0 Å². The number of imide groups is 1. The van der Waals surface area contributed by atoms with Gasteiger partial charge < -0.3 is 15.1 Å². The van der Waals surface area contributed by atoms with Crippen LogP contribution < -0.4 is 20.4 Å². The molecule has 46 heavy (non-hydrogen) atoms. The average molecular weight is 607 g/mol. The van der Waals surface area contributed by atoms with Crippen LogP contribution in [0, 0.1) is 26.7 Å². The van der Waals surface area contributed by atoms with Crippen molar-refractivity contribution in [3.63, 3.8) is 0 Å². The molecule has 0 saturated heterocycles. The topological polar surface area (TPSA) is 64.7 Å². The molecule has 2 N–H and O–H groups in total. The Morgan fingerprint density at radius 3 is 1.15 bits per heavy atom. The van der Waals surface area contributed by atoms with E-state index in [4.69, 9.17) is 0 Å². The Kier molecular flexibility index (Phi) is 8.45. The molecule has 1 atom stereocenters. The van der Waals surface area contributed by atoms with Gasteiger partial charge in [-0.2, -0.15) is 0 Å². The second-order valence-corrected chi connectivity index (χ2v) is 11.9.